The summed E-state index contributed by atoms with van der Waals surface area (Å²) in [5, 5.41) is 0. The number of hydrogen-bond acceptors (Lipinski definition) is 1. The average Bonchev–Trinajstić information content (AvgIpc) is 2.87. The third kappa shape index (κ3) is 1.48. The van der Waals surface area contributed by atoms with Crippen molar-refractivity contribution in [3.63, 3.8) is 0 Å². The van der Waals surface area contributed by atoms with Gasteiger partial charge in [-0.25, -0.2) is 0 Å². The van der Waals surface area contributed by atoms with Gasteiger partial charge in [-0.05, 0) is 36.5 Å². The van der Waals surface area contributed by atoms with Gasteiger partial charge in [0.05, 0.1) is 7.11 Å². The van der Waals surface area contributed by atoms with E-state index in [1.54, 1.807) is 7.11 Å². The molecule has 12 heavy (non-hydrogen) atoms. The number of methoxy groups -OCH3 is 1. The molecule has 0 unspecified atom stereocenters. The van der Waals surface area contributed by atoms with Gasteiger partial charge in [0.2, 0.25) is 0 Å². The molecule has 0 radical (unpaired) electrons. The van der Waals surface area contributed by atoms with Crippen molar-refractivity contribution in [1.82, 2.24) is 0 Å². The molecule has 0 amide bonds. The number of ether oxygens (including phenoxy) is 1. The maximum Gasteiger partial charge on any atom is 0.120 e. The van der Waals surface area contributed by atoms with Crippen LogP contribution in [0.3, 0.4) is 0 Å². The molecule has 0 aromatic heterocycles. The molecule has 1 saturated carbocycles. The summed E-state index contributed by atoms with van der Waals surface area (Å²) in [6.07, 6.45) is 2.68. The molecule has 1 fully saturated rings. The Morgan fingerprint density at radius 3 is 2.67 bits per heavy atom. The zero-order chi connectivity index (χ0) is 8.55. The van der Waals surface area contributed by atoms with E-state index in [-0.39, 0.29) is 0 Å². The van der Waals surface area contributed by atoms with E-state index in [0.717, 1.165) is 11.7 Å². The Morgan fingerprint density at radius 1 is 1.42 bits per heavy atom. The van der Waals surface area contributed by atoms with E-state index in [4.69, 9.17) is 4.74 Å². The van der Waals surface area contributed by atoms with Crippen LogP contribution in [-0.4, -0.2) is 7.11 Å². The SMILES string of the molecule is COc1ccc(C2CC2)c(Br)c1. The van der Waals surface area contributed by atoms with Crippen LogP contribution in [0.25, 0.3) is 0 Å². The second-order valence-corrected chi connectivity index (χ2v) is 4.02. The molecule has 0 saturated heterocycles. The van der Waals surface area contributed by atoms with E-state index in [1.807, 2.05) is 12.1 Å². The molecule has 1 aromatic rings. The summed E-state index contributed by atoms with van der Waals surface area (Å²) in [5.74, 6) is 1.72. The lowest BCUT2D eigenvalue weighted by molar-refractivity contribution is 0.414. The van der Waals surface area contributed by atoms with Gasteiger partial charge >= 0.3 is 0 Å². The van der Waals surface area contributed by atoms with Gasteiger partial charge in [-0.1, -0.05) is 22.0 Å². The number of halogens is 1. The van der Waals surface area contributed by atoms with Crippen LogP contribution >= 0.6 is 15.9 Å². The smallest absolute Gasteiger partial charge is 0.120 e. The van der Waals surface area contributed by atoms with Gasteiger partial charge in [-0.15, -0.1) is 0 Å². The molecule has 2 rings (SSSR count). The first-order valence-corrected chi connectivity index (χ1v) is 4.94. The molecule has 0 aliphatic heterocycles. The van der Waals surface area contributed by atoms with Crippen molar-refractivity contribution in [2.75, 3.05) is 7.11 Å². The summed E-state index contributed by atoms with van der Waals surface area (Å²) in [4.78, 5) is 0. The van der Waals surface area contributed by atoms with Gasteiger partial charge in [-0.3, -0.25) is 0 Å². The van der Waals surface area contributed by atoms with E-state index in [2.05, 4.69) is 22.0 Å². The fourth-order valence-electron chi connectivity index (χ4n) is 1.36. The highest BCUT2D eigenvalue weighted by Gasteiger charge is 2.25. The van der Waals surface area contributed by atoms with Crippen LogP contribution < -0.4 is 4.74 Å². The first-order chi connectivity index (χ1) is 5.81. The standard InChI is InChI=1S/C10H11BrO/c1-12-8-4-5-9(7-2-3-7)10(11)6-8/h4-7H,2-3H2,1H3. The van der Waals surface area contributed by atoms with Crippen LogP contribution in [0.4, 0.5) is 0 Å². The molecule has 0 bridgehead atoms. The van der Waals surface area contributed by atoms with Gasteiger partial charge in [-0.2, -0.15) is 0 Å². The van der Waals surface area contributed by atoms with E-state index in [0.29, 0.717) is 0 Å². The van der Waals surface area contributed by atoms with Gasteiger partial charge in [0.15, 0.2) is 0 Å². The minimum absolute atomic E-state index is 0.797. The molecule has 64 valence electrons. The molecule has 0 heterocycles. The molecule has 1 aliphatic rings. The summed E-state index contributed by atoms with van der Waals surface area (Å²) < 4.78 is 6.30. The molecule has 2 heteroatoms. The van der Waals surface area contributed by atoms with Crippen LogP contribution in [0.1, 0.15) is 24.3 Å². The minimum Gasteiger partial charge on any atom is -0.497 e. The predicted molar refractivity (Wildman–Crippen MR) is 52.7 cm³/mol. The minimum atomic E-state index is 0.797. The predicted octanol–water partition coefficient (Wildman–Crippen LogP) is 3.34. The third-order valence-electron chi connectivity index (χ3n) is 2.22. The molecular formula is C10H11BrO. The quantitative estimate of drug-likeness (QED) is 0.752. The highest BCUT2D eigenvalue weighted by Crippen LogP contribution is 2.43. The normalized spacial score (nSPS) is 16.2. The van der Waals surface area contributed by atoms with E-state index in [1.165, 1.54) is 22.9 Å². The second kappa shape index (κ2) is 3.09. The third-order valence-corrected chi connectivity index (χ3v) is 2.91. The molecule has 1 nitrogen and oxygen atoms in total. The summed E-state index contributed by atoms with van der Waals surface area (Å²) in [7, 11) is 1.69. The monoisotopic (exact) mass is 226 g/mol. The molecule has 0 N–H and O–H groups in total. The van der Waals surface area contributed by atoms with Crippen LogP contribution in [0.2, 0.25) is 0 Å². The van der Waals surface area contributed by atoms with Gasteiger partial charge in [0.25, 0.3) is 0 Å². The van der Waals surface area contributed by atoms with Crippen molar-refractivity contribution in [2.24, 2.45) is 0 Å². The summed E-state index contributed by atoms with van der Waals surface area (Å²) in [5.41, 5.74) is 1.43. The van der Waals surface area contributed by atoms with Crippen molar-refractivity contribution < 1.29 is 4.74 Å². The lowest BCUT2D eigenvalue weighted by Crippen LogP contribution is -1.85. The number of benzene rings is 1. The van der Waals surface area contributed by atoms with Gasteiger partial charge < -0.3 is 4.74 Å². The van der Waals surface area contributed by atoms with E-state index >= 15 is 0 Å². The van der Waals surface area contributed by atoms with Crippen molar-refractivity contribution in [3.05, 3.63) is 28.2 Å². The van der Waals surface area contributed by atoms with Crippen molar-refractivity contribution in [1.29, 1.82) is 0 Å². The molecule has 1 aromatic carbocycles. The first-order valence-electron chi connectivity index (χ1n) is 4.14. The maximum absolute atomic E-state index is 5.12. The van der Waals surface area contributed by atoms with E-state index in [9.17, 15) is 0 Å². The van der Waals surface area contributed by atoms with Crippen molar-refractivity contribution in [2.45, 2.75) is 18.8 Å². The summed E-state index contributed by atoms with van der Waals surface area (Å²) >= 11 is 3.55. The zero-order valence-corrected chi connectivity index (χ0v) is 8.60. The second-order valence-electron chi connectivity index (χ2n) is 3.16. The summed E-state index contributed by atoms with van der Waals surface area (Å²) in [6, 6.07) is 6.21. The lowest BCUT2D eigenvalue weighted by Gasteiger charge is -2.04. The lowest BCUT2D eigenvalue weighted by atomic mass is 10.1. The van der Waals surface area contributed by atoms with Gasteiger partial charge in [0, 0.05) is 4.47 Å². The highest BCUT2D eigenvalue weighted by molar-refractivity contribution is 9.10. The Kier molecular flexibility index (Phi) is 2.09. The van der Waals surface area contributed by atoms with Crippen LogP contribution in [0, 0.1) is 0 Å². The van der Waals surface area contributed by atoms with Crippen LogP contribution in [0.5, 0.6) is 5.75 Å². The topological polar surface area (TPSA) is 9.23 Å². The molecule has 0 spiro atoms. The maximum atomic E-state index is 5.12. The van der Waals surface area contributed by atoms with Crippen molar-refractivity contribution in [3.8, 4) is 5.75 Å². The van der Waals surface area contributed by atoms with E-state index < -0.39 is 0 Å². The largest absolute Gasteiger partial charge is 0.497 e. The Hall–Kier alpha value is -0.500. The summed E-state index contributed by atoms with van der Waals surface area (Å²) in [6.45, 7) is 0. The number of hydrogen-bond donors (Lipinski definition) is 0. The van der Waals surface area contributed by atoms with Crippen LogP contribution in [0.15, 0.2) is 22.7 Å². The van der Waals surface area contributed by atoms with Gasteiger partial charge in [0.1, 0.15) is 5.75 Å². The molecule has 1 aliphatic carbocycles. The Labute approximate surface area is 80.9 Å². The first kappa shape index (κ1) is 8.11. The Bertz CT molecular complexity index is 292. The average molecular weight is 227 g/mol. The molecular weight excluding hydrogens is 216 g/mol. The highest BCUT2D eigenvalue weighted by atomic mass is 79.9. The fourth-order valence-corrected chi connectivity index (χ4v) is 2.04. The fraction of sp³-hybridized carbons (Fsp3) is 0.400. The van der Waals surface area contributed by atoms with Crippen molar-refractivity contribution >= 4 is 15.9 Å². The van der Waals surface area contributed by atoms with Crippen LogP contribution in [-0.2, 0) is 0 Å². The molecule has 0 atom stereocenters. The number of rotatable bonds is 2. The Balaban J connectivity index is 2.32. The zero-order valence-electron chi connectivity index (χ0n) is 7.01. The Morgan fingerprint density at radius 2 is 2.17 bits per heavy atom.